The molecule has 0 aliphatic carbocycles. The minimum atomic E-state index is -0.553. The number of halogens is 1. The molecule has 0 spiro atoms. The van der Waals surface area contributed by atoms with Crippen molar-refractivity contribution in [1.82, 2.24) is 15.1 Å². The third-order valence-corrected chi connectivity index (χ3v) is 5.84. The van der Waals surface area contributed by atoms with Gasteiger partial charge in [0, 0.05) is 43.3 Å². The smallest absolute Gasteiger partial charge is 0.251 e. The molecule has 0 aromatic heterocycles. The number of hydrogen-bond acceptors (Lipinski definition) is 4. The van der Waals surface area contributed by atoms with Crippen LogP contribution in [0.4, 0.5) is 0 Å². The quantitative estimate of drug-likeness (QED) is 0.694. The van der Waals surface area contributed by atoms with E-state index in [0.717, 1.165) is 25.2 Å². The molecule has 0 radical (unpaired) electrons. The predicted molar refractivity (Wildman–Crippen MR) is 125 cm³/mol. The summed E-state index contributed by atoms with van der Waals surface area (Å²) in [6.45, 7) is 7.67. The highest BCUT2D eigenvalue weighted by Crippen LogP contribution is 2.15. The molecule has 1 aliphatic rings. The molecule has 168 valence electrons. The molecule has 0 saturated carbocycles. The highest BCUT2D eigenvalue weighted by atomic mass is 35.5. The summed E-state index contributed by atoms with van der Waals surface area (Å²) in [5.41, 5.74) is 2.29. The number of amides is 2. The second-order valence-electron chi connectivity index (χ2n) is 8.57. The van der Waals surface area contributed by atoms with Crippen LogP contribution in [0.2, 0.25) is 5.02 Å². The zero-order valence-corrected chi connectivity index (χ0v) is 19.3. The second kappa shape index (κ2) is 11.1. The number of piperazine rings is 1. The predicted octanol–water partition coefficient (Wildman–Crippen LogP) is 3.70. The molecular formula is C25H29ClN4O2. The van der Waals surface area contributed by atoms with E-state index in [2.05, 4.69) is 16.3 Å². The van der Waals surface area contributed by atoms with Crippen molar-refractivity contribution < 1.29 is 9.59 Å². The van der Waals surface area contributed by atoms with Gasteiger partial charge in [-0.3, -0.25) is 14.5 Å². The van der Waals surface area contributed by atoms with E-state index in [4.69, 9.17) is 16.9 Å². The fraction of sp³-hybridized carbons (Fsp3) is 0.400. The van der Waals surface area contributed by atoms with Gasteiger partial charge in [-0.1, -0.05) is 37.6 Å². The fourth-order valence-electron chi connectivity index (χ4n) is 3.83. The molecule has 6 nitrogen and oxygen atoms in total. The standard InChI is InChI=1S/C25H29ClN4O2/c1-18(2)15-23(28-24(31)21-7-9-22(26)10-8-21)25(32)30-13-11-29(12-14-30)17-20-5-3-19(16-27)4-6-20/h3-10,18,23H,11-15,17H2,1-2H3,(H,28,31). The lowest BCUT2D eigenvalue weighted by Gasteiger charge is -2.37. The highest BCUT2D eigenvalue weighted by molar-refractivity contribution is 6.30. The molecule has 1 saturated heterocycles. The molecule has 3 rings (SSSR count). The zero-order valence-electron chi connectivity index (χ0n) is 18.6. The average molecular weight is 453 g/mol. The third-order valence-electron chi connectivity index (χ3n) is 5.59. The summed E-state index contributed by atoms with van der Waals surface area (Å²) in [4.78, 5) is 30.1. The summed E-state index contributed by atoms with van der Waals surface area (Å²) in [7, 11) is 0. The number of benzene rings is 2. The van der Waals surface area contributed by atoms with E-state index in [9.17, 15) is 9.59 Å². The summed E-state index contributed by atoms with van der Waals surface area (Å²) in [6, 6.07) is 15.8. The van der Waals surface area contributed by atoms with Gasteiger partial charge in [0.2, 0.25) is 5.91 Å². The van der Waals surface area contributed by atoms with Gasteiger partial charge in [0.05, 0.1) is 11.6 Å². The first-order valence-electron chi connectivity index (χ1n) is 10.9. The Bertz CT molecular complexity index is 959. The molecule has 2 aromatic carbocycles. The van der Waals surface area contributed by atoms with Crippen molar-refractivity contribution in [3.8, 4) is 6.07 Å². The maximum Gasteiger partial charge on any atom is 0.251 e. The van der Waals surface area contributed by atoms with Crippen molar-refractivity contribution in [2.75, 3.05) is 26.2 Å². The van der Waals surface area contributed by atoms with E-state index in [0.29, 0.717) is 35.7 Å². The molecule has 0 bridgehead atoms. The summed E-state index contributed by atoms with van der Waals surface area (Å²) < 4.78 is 0. The van der Waals surface area contributed by atoms with Gasteiger partial charge >= 0.3 is 0 Å². The van der Waals surface area contributed by atoms with E-state index < -0.39 is 6.04 Å². The Morgan fingerprint density at radius 1 is 1.03 bits per heavy atom. The summed E-state index contributed by atoms with van der Waals surface area (Å²) in [6.07, 6.45) is 0.587. The molecule has 1 fully saturated rings. The van der Waals surface area contributed by atoms with Crippen LogP contribution in [0.5, 0.6) is 0 Å². The van der Waals surface area contributed by atoms with Crippen LogP contribution in [-0.2, 0) is 11.3 Å². The lowest BCUT2D eigenvalue weighted by Crippen LogP contribution is -2.55. The monoisotopic (exact) mass is 452 g/mol. The average Bonchev–Trinajstić information content (AvgIpc) is 2.79. The van der Waals surface area contributed by atoms with Crippen LogP contribution in [0.15, 0.2) is 48.5 Å². The lowest BCUT2D eigenvalue weighted by atomic mass is 10.0. The Kier molecular flexibility index (Phi) is 8.26. The zero-order chi connectivity index (χ0) is 23.1. The van der Waals surface area contributed by atoms with Crippen LogP contribution in [0.25, 0.3) is 0 Å². The summed E-state index contributed by atoms with van der Waals surface area (Å²) in [5, 5.41) is 12.4. The van der Waals surface area contributed by atoms with Crippen LogP contribution in [0.3, 0.4) is 0 Å². The maximum atomic E-state index is 13.2. The summed E-state index contributed by atoms with van der Waals surface area (Å²) >= 11 is 5.91. The molecule has 32 heavy (non-hydrogen) atoms. The van der Waals surface area contributed by atoms with Gasteiger partial charge in [0.15, 0.2) is 0 Å². The number of carbonyl (C=O) groups excluding carboxylic acids is 2. The first-order valence-corrected chi connectivity index (χ1v) is 11.3. The Morgan fingerprint density at radius 3 is 2.22 bits per heavy atom. The van der Waals surface area contributed by atoms with Crippen LogP contribution in [0, 0.1) is 17.2 Å². The van der Waals surface area contributed by atoms with Crippen molar-refractivity contribution in [3.05, 3.63) is 70.2 Å². The number of carbonyl (C=O) groups is 2. The van der Waals surface area contributed by atoms with Gasteiger partial charge in [0.25, 0.3) is 5.91 Å². The van der Waals surface area contributed by atoms with Crippen LogP contribution in [-0.4, -0.2) is 53.8 Å². The van der Waals surface area contributed by atoms with Crippen molar-refractivity contribution in [1.29, 1.82) is 5.26 Å². The number of nitrogens with zero attached hydrogens (tertiary/aromatic N) is 3. The molecule has 7 heteroatoms. The third kappa shape index (κ3) is 6.56. The largest absolute Gasteiger partial charge is 0.340 e. The fourth-order valence-corrected chi connectivity index (χ4v) is 3.95. The molecular weight excluding hydrogens is 424 g/mol. The number of hydrogen-bond donors (Lipinski definition) is 1. The summed E-state index contributed by atoms with van der Waals surface area (Å²) in [5.74, 6) is -0.0219. The van der Waals surface area contributed by atoms with Gasteiger partial charge in [-0.25, -0.2) is 0 Å². The number of nitrogens with one attached hydrogen (secondary N) is 1. The normalized spacial score (nSPS) is 15.3. The molecule has 2 aromatic rings. The van der Waals surface area contributed by atoms with Crippen LogP contribution >= 0.6 is 11.6 Å². The first-order chi connectivity index (χ1) is 15.4. The van der Waals surface area contributed by atoms with Crippen molar-refractivity contribution in [2.45, 2.75) is 32.9 Å². The molecule has 1 unspecified atom stereocenters. The van der Waals surface area contributed by atoms with Gasteiger partial charge in [-0.2, -0.15) is 5.26 Å². The lowest BCUT2D eigenvalue weighted by molar-refractivity contribution is -0.135. The molecule has 2 amide bonds. The van der Waals surface area contributed by atoms with Gasteiger partial charge < -0.3 is 10.2 Å². The minimum absolute atomic E-state index is 0.0287. The van der Waals surface area contributed by atoms with Crippen molar-refractivity contribution in [2.24, 2.45) is 5.92 Å². The van der Waals surface area contributed by atoms with E-state index in [1.54, 1.807) is 24.3 Å². The number of nitriles is 1. The van der Waals surface area contributed by atoms with Crippen molar-refractivity contribution in [3.63, 3.8) is 0 Å². The first kappa shape index (κ1) is 23.8. The second-order valence-corrected chi connectivity index (χ2v) is 9.01. The highest BCUT2D eigenvalue weighted by Gasteiger charge is 2.29. The van der Waals surface area contributed by atoms with E-state index >= 15 is 0 Å². The Labute approximate surface area is 194 Å². The van der Waals surface area contributed by atoms with Crippen LogP contribution < -0.4 is 5.32 Å². The Balaban J connectivity index is 1.57. The van der Waals surface area contributed by atoms with E-state index in [-0.39, 0.29) is 17.7 Å². The van der Waals surface area contributed by atoms with E-state index in [1.165, 1.54) is 0 Å². The van der Waals surface area contributed by atoms with Gasteiger partial charge in [0.1, 0.15) is 6.04 Å². The molecule has 1 heterocycles. The topological polar surface area (TPSA) is 76.4 Å². The molecule has 1 atom stereocenters. The minimum Gasteiger partial charge on any atom is -0.340 e. The van der Waals surface area contributed by atoms with Crippen LogP contribution in [0.1, 0.15) is 41.8 Å². The van der Waals surface area contributed by atoms with Gasteiger partial charge in [-0.15, -0.1) is 0 Å². The van der Waals surface area contributed by atoms with E-state index in [1.807, 2.05) is 43.0 Å². The Morgan fingerprint density at radius 2 is 1.66 bits per heavy atom. The van der Waals surface area contributed by atoms with Crippen molar-refractivity contribution >= 4 is 23.4 Å². The molecule has 1 N–H and O–H groups in total. The Hall–Kier alpha value is -2.88. The SMILES string of the molecule is CC(C)CC(NC(=O)c1ccc(Cl)cc1)C(=O)N1CCN(Cc2ccc(C#N)cc2)CC1. The number of rotatable bonds is 7. The van der Waals surface area contributed by atoms with Gasteiger partial charge in [-0.05, 0) is 54.3 Å². The molecule has 1 aliphatic heterocycles. The maximum absolute atomic E-state index is 13.2.